The Morgan fingerprint density at radius 3 is 2.45 bits per heavy atom. The summed E-state index contributed by atoms with van der Waals surface area (Å²) in [7, 11) is 0. The van der Waals surface area contributed by atoms with Gasteiger partial charge in [0.05, 0.1) is 0 Å². The van der Waals surface area contributed by atoms with Gasteiger partial charge in [-0.1, -0.05) is 54.6 Å². The Balaban J connectivity index is 1.93. The summed E-state index contributed by atoms with van der Waals surface area (Å²) in [6, 6.07) is 17.8. The van der Waals surface area contributed by atoms with Crippen molar-refractivity contribution in [2.45, 2.75) is 0 Å². The summed E-state index contributed by atoms with van der Waals surface area (Å²) in [6.45, 7) is 0. The van der Waals surface area contributed by atoms with Crippen molar-refractivity contribution in [1.29, 1.82) is 0 Å². The molecule has 2 N–H and O–H groups in total. The lowest BCUT2D eigenvalue weighted by molar-refractivity contribution is 0.104. The summed E-state index contributed by atoms with van der Waals surface area (Å²) >= 11 is 0. The summed E-state index contributed by atoms with van der Waals surface area (Å²) in [5, 5.41) is 20.7. The van der Waals surface area contributed by atoms with Crippen molar-refractivity contribution >= 4 is 22.6 Å². The molecule has 0 amide bonds. The number of fused-ring (bicyclic) bond motifs is 1. The Morgan fingerprint density at radius 1 is 0.864 bits per heavy atom. The molecule has 0 spiro atoms. The van der Waals surface area contributed by atoms with Crippen molar-refractivity contribution in [1.82, 2.24) is 0 Å². The molecule has 0 aliphatic carbocycles. The number of rotatable bonds is 3. The van der Waals surface area contributed by atoms with Gasteiger partial charge in [0, 0.05) is 5.56 Å². The molecule has 3 heteroatoms. The van der Waals surface area contributed by atoms with Crippen LogP contribution in [0.25, 0.3) is 16.8 Å². The van der Waals surface area contributed by atoms with Gasteiger partial charge in [-0.3, -0.25) is 4.79 Å². The minimum atomic E-state index is -0.209. The zero-order valence-corrected chi connectivity index (χ0v) is 11.7. The standard InChI is InChI=1S/C19H14O3/c20-17(10-8-13-9-11-18(21)19(22)12-13)16-7-3-5-14-4-1-2-6-15(14)16/h1-12,21-22H/b10-8+. The van der Waals surface area contributed by atoms with Crippen molar-refractivity contribution in [3.8, 4) is 11.5 Å². The fourth-order valence-corrected chi connectivity index (χ4v) is 2.35. The van der Waals surface area contributed by atoms with Gasteiger partial charge in [-0.2, -0.15) is 0 Å². The molecule has 0 aromatic heterocycles. The summed E-state index contributed by atoms with van der Waals surface area (Å²) in [6.07, 6.45) is 3.08. The van der Waals surface area contributed by atoms with Crippen LogP contribution in [0.5, 0.6) is 11.5 Å². The normalized spacial score (nSPS) is 11.1. The predicted molar refractivity (Wildman–Crippen MR) is 87.1 cm³/mol. The van der Waals surface area contributed by atoms with E-state index >= 15 is 0 Å². The summed E-state index contributed by atoms with van der Waals surface area (Å²) in [5.41, 5.74) is 1.28. The van der Waals surface area contributed by atoms with Gasteiger partial charge in [-0.05, 0) is 34.5 Å². The van der Waals surface area contributed by atoms with Crippen LogP contribution in [-0.4, -0.2) is 16.0 Å². The molecule has 0 aliphatic rings. The molecule has 0 bridgehead atoms. The second-order valence-corrected chi connectivity index (χ2v) is 4.97. The molecule has 0 radical (unpaired) electrons. The number of ketones is 1. The average molecular weight is 290 g/mol. The Labute approximate surface area is 127 Å². The highest BCUT2D eigenvalue weighted by molar-refractivity contribution is 6.14. The van der Waals surface area contributed by atoms with E-state index in [0.29, 0.717) is 11.1 Å². The highest BCUT2D eigenvalue weighted by atomic mass is 16.3. The molecule has 0 fully saturated rings. The SMILES string of the molecule is O=C(/C=C/c1ccc(O)c(O)c1)c1cccc2ccccc12. The molecule has 0 unspecified atom stereocenters. The van der Waals surface area contributed by atoms with Crippen LogP contribution < -0.4 is 0 Å². The minimum Gasteiger partial charge on any atom is -0.504 e. The summed E-state index contributed by atoms with van der Waals surface area (Å²) in [4.78, 5) is 12.4. The largest absolute Gasteiger partial charge is 0.504 e. The molecule has 3 rings (SSSR count). The molecule has 3 aromatic rings. The lowest BCUT2D eigenvalue weighted by Crippen LogP contribution is -1.95. The minimum absolute atomic E-state index is 0.107. The average Bonchev–Trinajstić information content (AvgIpc) is 2.55. The smallest absolute Gasteiger partial charge is 0.186 e. The first-order valence-electron chi connectivity index (χ1n) is 6.87. The molecular weight excluding hydrogens is 276 g/mol. The zero-order chi connectivity index (χ0) is 15.5. The topological polar surface area (TPSA) is 57.5 Å². The van der Waals surface area contributed by atoms with E-state index in [0.717, 1.165) is 10.8 Å². The summed E-state index contributed by atoms with van der Waals surface area (Å²) in [5.74, 6) is -0.498. The van der Waals surface area contributed by atoms with Gasteiger partial charge >= 0.3 is 0 Å². The van der Waals surface area contributed by atoms with Crippen molar-refractivity contribution < 1.29 is 15.0 Å². The molecule has 3 aromatic carbocycles. The Morgan fingerprint density at radius 2 is 1.64 bits per heavy atom. The van der Waals surface area contributed by atoms with E-state index in [2.05, 4.69) is 0 Å². The van der Waals surface area contributed by atoms with E-state index < -0.39 is 0 Å². The molecule has 0 atom stereocenters. The Hall–Kier alpha value is -3.07. The van der Waals surface area contributed by atoms with Crippen molar-refractivity contribution in [2.24, 2.45) is 0 Å². The van der Waals surface area contributed by atoms with Crippen LogP contribution in [0.4, 0.5) is 0 Å². The van der Waals surface area contributed by atoms with Crippen LogP contribution in [0.15, 0.2) is 66.7 Å². The number of aromatic hydroxyl groups is 2. The predicted octanol–water partition coefficient (Wildman–Crippen LogP) is 4.15. The van der Waals surface area contributed by atoms with E-state index in [-0.39, 0.29) is 17.3 Å². The van der Waals surface area contributed by atoms with E-state index in [9.17, 15) is 15.0 Å². The maximum absolute atomic E-state index is 12.4. The van der Waals surface area contributed by atoms with Gasteiger partial charge in [-0.25, -0.2) is 0 Å². The monoisotopic (exact) mass is 290 g/mol. The van der Waals surface area contributed by atoms with Crippen LogP contribution in [0.3, 0.4) is 0 Å². The van der Waals surface area contributed by atoms with Crippen LogP contribution in [0.2, 0.25) is 0 Å². The number of hydrogen-bond donors (Lipinski definition) is 2. The maximum Gasteiger partial charge on any atom is 0.186 e. The molecule has 0 aliphatic heterocycles. The van der Waals surface area contributed by atoms with Crippen molar-refractivity contribution in [3.63, 3.8) is 0 Å². The molecule has 0 saturated heterocycles. The van der Waals surface area contributed by atoms with Gasteiger partial charge in [0.15, 0.2) is 17.3 Å². The van der Waals surface area contributed by atoms with Gasteiger partial charge in [0.2, 0.25) is 0 Å². The number of phenolic OH excluding ortho intramolecular Hbond substituents is 2. The first-order chi connectivity index (χ1) is 10.6. The number of allylic oxidation sites excluding steroid dienone is 1. The van der Waals surface area contributed by atoms with Gasteiger partial charge < -0.3 is 10.2 Å². The summed E-state index contributed by atoms with van der Waals surface area (Å²) < 4.78 is 0. The third-order valence-corrected chi connectivity index (χ3v) is 3.48. The van der Waals surface area contributed by atoms with Crippen LogP contribution in [0, 0.1) is 0 Å². The quantitative estimate of drug-likeness (QED) is 0.433. The molecule has 0 heterocycles. The molecule has 3 nitrogen and oxygen atoms in total. The highest BCUT2D eigenvalue weighted by Crippen LogP contribution is 2.25. The van der Waals surface area contributed by atoms with Crippen LogP contribution >= 0.6 is 0 Å². The fraction of sp³-hybridized carbons (Fsp3) is 0. The first-order valence-corrected chi connectivity index (χ1v) is 6.87. The highest BCUT2D eigenvalue weighted by Gasteiger charge is 2.06. The van der Waals surface area contributed by atoms with Crippen molar-refractivity contribution in [3.05, 3.63) is 77.9 Å². The van der Waals surface area contributed by atoms with Crippen LogP contribution in [-0.2, 0) is 0 Å². The van der Waals surface area contributed by atoms with E-state index in [1.165, 1.54) is 18.2 Å². The number of phenols is 2. The number of carbonyl (C=O) groups is 1. The Kier molecular flexibility index (Phi) is 3.62. The molecule has 108 valence electrons. The second-order valence-electron chi connectivity index (χ2n) is 4.97. The fourth-order valence-electron chi connectivity index (χ4n) is 2.35. The number of hydrogen-bond acceptors (Lipinski definition) is 3. The van der Waals surface area contributed by atoms with Crippen molar-refractivity contribution in [2.75, 3.05) is 0 Å². The van der Waals surface area contributed by atoms with E-state index in [4.69, 9.17) is 0 Å². The van der Waals surface area contributed by atoms with Gasteiger partial charge in [0.25, 0.3) is 0 Å². The van der Waals surface area contributed by atoms with E-state index in [1.807, 2.05) is 36.4 Å². The van der Waals surface area contributed by atoms with Gasteiger partial charge in [0.1, 0.15) is 0 Å². The van der Waals surface area contributed by atoms with Gasteiger partial charge in [-0.15, -0.1) is 0 Å². The number of benzene rings is 3. The second kappa shape index (κ2) is 5.74. The van der Waals surface area contributed by atoms with Crippen LogP contribution in [0.1, 0.15) is 15.9 Å². The number of carbonyl (C=O) groups excluding carboxylic acids is 1. The first kappa shape index (κ1) is 13.9. The maximum atomic E-state index is 12.4. The third-order valence-electron chi connectivity index (χ3n) is 3.48. The lowest BCUT2D eigenvalue weighted by atomic mass is 10.0. The molecule has 0 saturated carbocycles. The molecular formula is C19H14O3. The Bertz CT molecular complexity index is 873. The third kappa shape index (κ3) is 2.69. The molecule has 22 heavy (non-hydrogen) atoms. The van der Waals surface area contributed by atoms with E-state index in [1.54, 1.807) is 18.2 Å². The lowest BCUT2D eigenvalue weighted by Gasteiger charge is -2.03. The zero-order valence-electron chi connectivity index (χ0n) is 11.7.